The van der Waals surface area contributed by atoms with Crippen molar-refractivity contribution in [2.24, 2.45) is 5.92 Å². The van der Waals surface area contributed by atoms with Crippen LogP contribution in [0.15, 0.2) is 120 Å². The minimum absolute atomic E-state index is 0. The Morgan fingerprint density at radius 1 is 0.804 bits per heavy atom. The Kier molecular flexibility index (Phi) is 11.1. The molecule has 0 fully saturated rings. The quantitative estimate of drug-likeness (QED) is 0.0946. The van der Waals surface area contributed by atoms with Crippen molar-refractivity contribution in [3.05, 3.63) is 151 Å². The number of para-hydroxylation sites is 2. The van der Waals surface area contributed by atoms with E-state index in [2.05, 4.69) is 66.6 Å². The number of nitrogens with zero attached hydrogens (tertiary/aromatic N) is 4. The van der Waals surface area contributed by atoms with Crippen molar-refractivity contribution in [1.29, 1.82) is 0 Å². The van der Waals surface area contributed by atoms with Crippen molar-refractivity contribution >= 4 is 61.4 Å². The largest absolute Gasteiger partial charge is 0.496 e. The smallest absolute Gasteiger partial charge is 0.258 e. The number of halogens is 3. The van der Waals surface area contributed by atoms with Gasteiger partial charge in [0.05, 0.1) is 22.4 Å². The molecular weight excluding hydrogens is 946 g/mol. The van der Waals surface area contributed by atoms with Gasteiger partial charge in [-0.25, -0.2) is 0 Å². The Morgan fingerprint density at radius 3 is 2.30 bits per heavy atom. The van der Waals surface area contributed by atoms with Crippen molar-refractivity contribution in [1.82, 2.24) is 19.5 Å². The Bertz CT molecular complexity index is 2870. The molecule has 0 spiro atoms. The van der Waals surface area contributed by atoms with Crippen LogP contribution in [-0.2, 0) is 26.5 Å². The zero-order chi connectivity index (χ0) is 38.4. The predicted molar refractivity (Wildman–Crippen MR) is 218 cm³/mol. The van der Waals surface area contributed by atoms with E-state index >= 15 is 0 Å². The fraction of sp³-hybridized carbons (Fsp3) is 0.152. The van der Waals surface area contributed by atoms with Crippen LogP contribution < -0.4 is 4.40 Å². The van der Waals surface area contributed by atoms with Crippen LogP contribution in [-0.4, -0.2) is 32.8 Å². The molecule has 0 bridgehead atoms. The number of fused-ring (bicyclic) bond motifs is 5. The third-order valence-corrected chi connectivity index (χ3v) is 13.9. The normalized spacial score (nSPS) is 11.7. The van der Waals surface area contributed by atoms with E-state index in [1.54, 1.807) is 4.40 Å². The molecule has 0 aliphatic carbocycles. The molecule has 10 heteroatoms. The van der Waals surface area contributed by atoms with E-state index in [1.165, 1.54) is 5.56 Å². The average molecular weight is 984 g/mol. The summed E-state index contributed by atoms with van der Waals surface area (Å²) in [6.07, 6.45) is 3.27. The second-order valence-electron chi connectivity index (χ2n) is 15.1. The van der Waals surface area contributed by atoms with Gasteiger partial charge in [0.2, 0.25) is 5.95 Å². The molecule has 4 aromatic heterocycles. The fourth-order valence-corrected chi connectivity index (χ4v) is 10.5. The van der Waals surface area contributed by atoms with Crippen molar-refractivity contribution in [3.8, 4) is 28.3 Å². The van der Waals surface area contributed by atoms with Crippen LogP contribution in [0, 0.1) is 35.8 Å². The zero-order valence-corrected chi connectivity index (χ0v) is 35.9. The number of hydrogen-bond donors (Lipinski definition) is 0. The molecule has 0 aliphatic heterocycles. The van der Waals surface area contributed by atoms with Crippen LogP contribution >= 0.6 is 0 Å². The van der Waals surface area contributed by atoms with Gasteiger partial charge < -0.3 is 8.98 Å². The summed E-state index contributed by atoms with van der Waals surface area (Å²) >= 11 is -1.86. The molecule has 0 atom stereocenters. The standard InChI is InChI=1S/C28H13F3N3O.C18H24GeN.Ir/c29-20-12-11-18(25-24(20)19-14-23(30)33-27(31)26(19)35-25)28-32-21-7-3-4-8-22(21)34(28)17-10-9-15-5-1-2-6-16(15)13-17;1-14(2)11-16-12-18(15-9-7-6-8-10-15)20-13-17(16)19(3,4)5;/h1-10,12-14H;6-9,12-14H,11H2,1-5H3;/q2*-1;. The van der Waals surface area contributed by atoms with Crippen LogP contribution in [0.4, 0.5) is 13.2 Å². The number of hydrogen-bond acceptors (Lipinski definition) is 4. The maximum atomic E-state index is 14.9. The summed E-state index contributed by atoms with van der Waals surface area (Å²) in [4.78, 5) is 12.7. The van der Waals surface area contributed by atoms with Gasteiger partial charge in [-0.05, 0) is 40.4 Å². The van der Waals surface area contributed by atoms with E-state index < -0.39 is 31.0 Å². The molecule has 283 valence electrons. The molecule has 0 saturated carbocycles. The third-order valence-electron chi connectivity index (χ3n) is 9.60. The van der Waals surface area contributed by atoms with E-state index in [9.17, 15) is 13.2 Å². The predicted octanol–water partition coefficient (Wildman–Crippen LogP) is 11.6. The first-order chi connectivity index (χ1) is 26.5. The molecular formula is C46H37F3GeIrN4O-2. The SMILES string of the molecule is CC(C)Cc1cc(-c2[c-]cccc2)nc[c]1[Ge]([CH3])([CH3])[CH3].Fc1cc2c(oc3c(-c4nc5ccccc5n4-c4ccc5ccccc5c4)[c-]cc(F)c32)c(F)n1.[Ir]. The van der Waals surface area contributed by atoms with Crippen LogP contribution in [0.25, 0.3) is 72.1 Å². The van der Waals surface area contributed by atoms with Gasteiger partial charge in [0.1, 0.15) is 0 Å². The average Bonchev–Trinajstić information content (AvgIpc) is 3.75. The topological polar surface area (TPSA) is 56.7 Å². The molecule has 56 heavy (non-hydrogen) atoms. The maximum absolute atomic E-state index is 14.9. The molecule has 0 N–H and O–H groups in total. The van der Waals surface area contributed by atoms with Gasteiger partial charge in [-0.15, -0.1) is 12.1 Å². The van der Waals surface area contributed by atoms with Gasteiger partial charge in [-0.3, -0.25) is 9.37 Å². The molecule has 0 unspecified atom stereocenters. The number of furan rings is 1. The number of benzene rings is 5. The van der Waals surface area contributed by atoms with Crippen molar-refractivity contribution in [3.63, 3.8) is 0 Å². The van der Waals surface area contributed by atoms with Crippen LogP contribution in [0.3, 0.4) is 0 Å². The Morgan fingerprint density at radius 2 is 1.55 bits per heavy atom. The minimum atomic E-state index is -1.86. The molecule has 5 nitrogen and oxygen atoms in total. The number of imidazole rings is 1. The summed E-state index contributed by atoms with van der Waals surface area (Å²) in [5, 5.41) is 2.03. The van der Waals surface area contributed by atoms with Crippen molar-refractivity contribution in [2.75, 3.05) is 0 Å². The van der Waals surface area contributed by atoms with Gasteiger partial charge in [0.25, 0.3) is 5.95 Å². The Labute approximate surface area is 339 Å². The monoisotopic (exact) mass is 985 g/mol. The fourth-order valence-electron chi connectivity index (χ4n) is 7.14. The van der Waals surface area contributed by atoms with Crippen molar-refractivity contribution in [2.45, 2.75) is 37.5 Å². The van der Waals surface area contributed by atoms with Crippen LogP contribution in [0.1, 0.15) is 19.4 Å². The summed E-state index contributed by atoms with van der Waals surface area (Å²) in [5.74, 6) is 5.51. The molecule has 9 aromatic rings. The zero-order valence-electron chi connectivity index (χ0n) is 31.4. The second-order valence-corrected chi connectivity index (χ2v) is 25.6. The van der Waals surface area contributed by atoms with E-state index in [-0.39, 0.29) is 42.0 Å². The molecule has 5 aromatic carbocycles. The summed E-state index contributed by atoms with van der Waals surface area (Å²) < 4.78 is 52.4. The summed E-state index contributed by atoms with van der Waals surface area (Å²) in [7, 11) is 0. The number of aromatic nitrogens is 4. The third kappa shape index (κ3) is 7.55. The maximum Gasteiger partial charge on any atom is 0.258 e. The van der Waals surface area contributed by atoms with Crippen LogP contribution in [0.5, 0.6) is 0 Å². The van der Waals surface area contributed by atoms with Gasteiger partial charge in [0.15, 0.2) is 5.58 Å². The van der Waals surface area contributed by atoms with E-state index in [1.807, 2.05) is 89.5 Å². The summed E-state index contributed by atoms with van der Waals surface area (Å²) in [6, 6.07) is 40.2. The first kappa shape index (κ1) is 39.2. The van der Waals surface area contributed by atoms with E-state index in [0.717, 1.165) is 51.8 Å². The van der Waals surface area contributed by atoms with Crippen LogP contribution in [0.2, 0.25) is 17.3 Å². The molecule has 1 radical (unpaired) electrons. The minimum Gasteiger partial charge on any atom is -0.496 e. The van der Waals surface area contributed by atoms with E-state index in [0.29, 0.717) is 22.8 Å². The van der Waals surface area contributed by atoms with Gasteiger partial charge in [-0.1, -0.05) is 48.0 Å². The van der Waals surface area contributed by atoms with Gasteiger partial charge in [-0.2, -0.15) is 13.8 Å². The van der Waals surface area contributed by atoms with Gasteiger partial charge in [0, 0.05) is 43.1 Å². The first-order valence-electron chi connectivity index (χ1n) is 18.2. The summed E-state index contributed by atoms with van der Waals surface area (Å²) in [6.45, 7) is 4.57. The Hall–Kier alpha value is -5.09. The molecule has 0 saturated heterocycles. The molecule has 0 amide bonds. The van der Waals surface area contributed by atoms with Crippen molar-refractivity contribution < 1.29 is 37.7 Å². The van der Waals surface area contributed by atoms with Gasteiger partial charge >= 0.3 is 126 Å². The second kappa shape index (κ2) is 15.8. The molecule has 4 heterocycles. The number of pyridine rings is 2. The first-order valence-corrected chi connectivity index (χ1v) is 25.5. The number of rotatable bonds is 6. The summed E-state index contributed by atoms with van der Waals surface area (Å²) in [5.41, 5.74) is 6.00. The molecule has 9 rings (SSSR count). The Balaban J connectivity index is 0.000000197. The molecule has 0 aliphatic rings. The van der Waals surface area contributed by atoms with E-state index in [4.69, 9.17) is 14.4 Å².